The van der Waals surface area contributed by atoms with Gasteiger partial charge in [0.15, 0.2) is 5.78 Å². The number of aromatic nitrogens is 3. The van der Waals surface area contributed by atoms with E-state index in [-0.39, 0.29) is 23.4 Å². The third-order valence-electron chi connectivity index (χ3n) is 5.36. The van der Waals surface area contributed by atoms with Crippen molar-refractivity contribution >= 4 is 22.4 Å². The smallest absolute Gasteiger partial charge is 0.270 e. The van der Waals surface area contributed by atoms with E-state index >= 15 is 0 Å². The summed E-state index contributed by atoms with van der Waals surface area (Å²) in [5, 5.41) is 11.1. The van der Waals surface area contributed by atoms with E-state index in [1.54, 1.807) is 0 Å². The third kappa shape index (κ3) is 3.63. The van der Waals surface area contributed by atoms with Gasteiger partial charge < -0.3 is 4.57 Å². The van der Waals surface area contributed by atoms with E-state index in [0.29, 0.717) is 11.1 Å². The van der Waals surface area contributed by atoms with Gasteiger partial charge in [-0.2, -0.15) is 0 Å². The lowest BCUT2D eigenvalue weighted by atomic mass is 10.1. The van der Waals surface area contributed by atoms with Gasteiger partial charge in [0.1, 0.15) is 0 Å². The molecule has 0 saturated carbocycles. The molecule has 8 nitrogen and oxygen atoms in total. The van der Waals surface area contributed by atoms with Crippen LogP contribution < -0.4 is 5.56 Å². The molecule has 156 valence electrons. The number of benzene rings is 2. The number of ketones is 1. The Morgan fingerprint density at radius 3 is 2.45 bits per heavy atom. The molecule has 0 saturated heterocycles. The first-order valence-electron chi connectivity index (χ1n) is 9.69. The van der Waals surface area contributed by atoms with Gasteiger partial charge in [-0.3, -0.25) is 24.3 Å². The zero-order valence-electron chi connectivity index (χ0n) is 17.3. The van der Waals surface area contributed by atoms with Crippen molar-refractivity contribution < 1.29 is 9.72 Å². The van der Waals surface area contributed by atoms with Crippen LogP contribution in [-0.2, 0) is 6.54 Å². The molecule has 0 amide bonds. The van der Waals surface area contributed by atoms with Crippen molar-refractivity contribution in [2.75, 3.05) is 0 Å². The Balaban J connectivity index is 1.70. The fourth-order valence-corrected chi connectivity index (χ4v) is 3.75. The van der Waals surface area contributed by atoms with E-state index in [2.05, 4.69) is 4.98 Å². The molecular weight excluding hydrogens is 396 g/mol. The second-order valence-electron chi connectivity index (χ2n) is 7.52. The van der Waals surface area contributed by atoms with Crippen LogP contribution in [0.4, 0.5) is 5.69 Å². The number of non-ortho nitro benzene ring substituents is 1. The van der Waals surface area contributed by atoms with Crippen LogP contribution in [0.2, 0.25) is 0 Å². The van der Waals surface area contributed by atoms with Crippen LogP contribution in [0.1, 0.15) is 27.3 Å². The predicted octanol–water partition coefficient (Wildman–Crippen LogP) is 3.90. The van der Waals surface area contributed by atoms with E-state index in [9.17, 15) is 19.7 Å². The number of hydrogen-bond donors (Lipinski definition) is 0. The average molecular weight is 416 g/mol. The maximum atomic E-state index is 13.0. The molecule has 0 fully saturated rings. The summed E-state index contributed by atoms with van der Waals surface area (Å²) >= 11 is 0. The first-order chi connectivity index (χ1) is 14.8. The Labute approximate surface area is 177 Å². The maximum absolute atomic E-state index is 13.0. The molecule has 0 atom stereocenters. The molecule has 0 unspecified atom stereocenters. The number of Topliss-reactive ketones (excluding diaryl/α,β-unsaturated/α-hetero) is 1. The van der Waals surface area contributed by atoms with Crippen LogP contribution >= 0.6 is 0 Å². The van der Waals surface area contributed by atoms with E-state index in [1.807, 2.05) is 55.7 Å². The van der Waals surface area contributed by atoms with E-state index in [4.69, 9.17) is 0 Å². The molecule has 2 aromatic carbocycles. The molecule has 0 N–H and O–H groups in total. The highest BCUT2D eigenvalue weighted by Gasteiger charge is 2.18. The molecule has 4 aromatic rings. The zero-order valence-corrected chi connectivity index (χ0v) is 17.3. The Morgan fingerprint density at radius 2 is 1.77 bits per heavy atom. The number of carbonyl (C=O) groups is 1. The average Bonchev–Trinajstić information content (AvgIpc) is 3.04. The van der Waals surface area contributed by atoms with Crippen molar-refractivity contribution in [3.63, 3.8) is 0 Å². The van der Waals surface area contributed by atoms with E-state index < -0.39 is 10.5 Å². The van der Waals surface area contributed by atoms with Gasteiger partial charge >= 0.3 is 0 Å². The minimum atomic E-state index is -0.568. The highest BCUT2D eigenvalue weighted by Crippen LogP contribution is 2.22. The van der Waals surface area contributed by atoms with Gasteiger partial charge in [-0.25, -0.2) is 4.98 Å². The van der Waals surface area contributed by atoms with Crippen molar-refractivity contribution in [1.29, 1.82) is 0 Å². The number of nitro benzene ring substituents is 1. The second-order valence-corrected chi connectivity index (χ2v) is 7.52. The summed E-state index contributed by atoms with van der Waals surface area (Å²) in [7, 11) is 0. The molecule has 4 rings (SSSR count). The van der Waals surface area contributed by atoms with Crippen LogP contribution in [0.15, 0.2) is 59.7 Å². The summed E-state index contributed by atoms with van der Waals surface area (Å²) in [5.41, 5.74) is 3.96. The van der Waals surface area contributed by atoms with Gasteiger partial charge in [0.25, 0.3) is 11.2 Å². The lowest BCUT2D eigenvalue weighted by molar-refractivity contribution is -0.384. The topological polar surface area (TPSA) is 100 Å². The first-order valence-corrected chi connectivity index (χ1v) is 9.69. The fraction of sp³-hybridized carbons (Fsp3) is 0.174. The number of nitrogens with zero attached hydrogens (tertiary/aromatic N) is 4. The SMILES string of the molecule is Cc1ccc(-n2c(C)cc(C(=O)Cn3cnc4ccc([N+](=O)[O-])cc4c3=O)c2C)cc1. The van der Waals surface area contributed by atoms with Gasteiger partial charge in [-0.05, 0) is 45.0 Å². The van der Waals surface area contributed by atoms with Crippen molar-refractivity contribution in [1.82, 2.24) is 14.1 Å². The molecule has 2 aromatic heterocycles. The van der Waals surface area contributed by atoms with Crippen molar-refractivity contribution in [2.45, 2.75) is 27.3 Å². The molecule has 0 aliphatic rings. The largest absolute Gasteiger partial charge is 0.318 e. The molecule has 2 heterocycles. The molecule has 0 bridgehead atoms. The Hall–Kier alpha value is -4.07. The molecule has 0 spiro atoms. The highest BCUT2D eigenvalue weighted by molar-refractivity contribution is 5.97. The fourth-order valence-electron chi connectivity index (χ4n) is 3.75. The maximum Gasteiger partial charge on any atom is 0.270 e. The summed E-state index contributed by atoms with van der Waals surface area (Å²) in [6.07, 6.45) is 1.30. The van der Waals surface area contributed by atoms with Crippen LogP contribution in [0.25, 0.3) is 16.6 Å². The van der Waals surface area contributed by atoms with Gasteiger partial charge in [-0.15, -0.1) is 0 Å². The van der Waals surface area contributed by atoms with Crippen LogP contribution in [0.3, 0.4) is 0 Å². The molecule has 0 aliphatic heterocycles. The molecule has 31 heavy (non-hydrogen) atoms. The summed E-state index contributed by atoms with van der Waals surface area (Å²) in [6.45, 7) is 5.60. The van der Waals surface area contributed by atoms with Gasteiger partial charge in [0.05, 0.1) is 28.7 Å². The highest BCUT2D eigenvalue weighted by atomic mass is 16.6. The number of aryl methyl sites for hydroxylation is 2. The summed E-state index contributed by atoms with van der Waals surface area (Å²) in [4.78, 5) is 40.5. The first kappa shape index (κ1) is 20.2. The van der Waals surface area contributed by atoms with Crippen molar-refractivity contribution in [2.24, 2.45) is 0 Å². The van der Waals surface area contributed by atoms with Crippen LogP contribution in [0, 0.1) is 30.9 Å². The molecule has 0 aliphatic carbocycles. The minimum absolute atomic E-state index is 0.106. The Morgan fingerprint density at radius 1 is 1.06 bits per heavy atom. The quantitative estimate of drug-likeness (QED) is 0.279. The lowest BCUT2D eigenvalue weighted by Crippen LogP contribution is -2.25. The molecular formula is C23H20N4O4. The summed E-state index contributed by atoms with van der Waals surface area (Å²) in [5.74, 6) is -0.236. The van der Waals surface area contributed by atoms with E-state index in [0.717, 1.165) is 22.6 Å². The van der Waals surface area contributed by atoms with Gasteiger partial charge in [-0.1, -0.05) is 17.7 Å². The standard InChI is InChI=1S/C23H20N4O4/c1-14-4-6-17(7-5-14)26-15(2)10-19(16(26)3)22(28)12-25-13-24-21-9-8-18(27(30)31)11-20(21)23(25)29/h4-11,13H,12H2,1-3H3. The number of hydrogen-bond acceptors (Lipinski definition) is 5. The lowest BCUT2D eigenvalue weighted by Gasteiger charge is -2.10. The predicted molar refractivity (Wildman–Crippen MR) is 117 cm³/mol. The molecule has 0 radical (unpaired) electrons. The van der Waals surface area contributed by atoms with Crippen LogP contribution in [-0.4, -0.2) is 24.8 Å². The Kier molecular flexibility index (Phi) is 4.98. The minimum Gasteiger partial charge on any atom is -0.318 e. The summed E-state index contributed by atoms with van der Waals surface area (Å²) in [6, 6.07) is 13.7. The van der Waals surface area contributed by atoms with Crippen molar-refractivity contribution in [3.8, 4) is 5.69 Å². The van der Waals surface area contributed by atoms with E-state index in [1.165, 1.54) is 29.1 Å². The third-order valence-corrected chi connectivity index (χ3v) is 5.36. The number of rotatable bonds is 5. The van der Waals surface area contributed by atoms with Gasteiger partial charge in [0, 0.05) is 34.8 Å². The van der Waals surface area contributed by atoms with Crippen molar-refractivity contribution in [3.05, 3.63) is 97.8 Å². The molecule has 8 heteroatoms. The summed E-state index contributed by atoms with van der Waals surface area (Å²) < 4.78 is 3.18. The number of carbonyl (C=O) groups excluding carboxylic acids is 1. The normalized spacial score (nSPS) is 11.1. The zero-order chi connectivity index (χ0) is 22.3. The van der Waals surface area contributed by atoms with Gasteiger partial charge in [0.2, 0.25) is 0 Å². The number of fused-ring (bicyclic) bond motifs is 1. The van der Waals surface area contributed by atoms with Crippen LogP contribution in [0.5, 0.6) is 0 Å². The second kappa shape index (κ2) is 7.64. The number of nitro groups is 1. The monoisotopic (exact) mass is 416 g/mol. The Bertz CT molecular complexity index is 1400.